The Bertz CT molecular complexity index is 376. The molecule has 0 saturated carbocycles. The molecule has 0 bridgehead atoms. The highest BCUT2D eigenvalue weighted by molar-refractivity contribution is 5.89. The Labute approximate surface area is 104 Å². The van der Waals surface area contributed by atoms with Crippen molar-refractivity contribution in [2.24, 2.45) is 11.7 Å². The first-order valence-electron chi connectivity index (χ1n) is 5.54. The van der Waals surface area contributed by atoms with Crippen LogP contribution >= 0.6 is 0 Å². The molecule has 1 unspecified atom stereocenters. The standard InChI is InChI=1S/C11H15NO6/c1-7(9(13)17-18-11(12)15)6-8-4-2-3-5-16-10(8)14/h6,8H,2-5H2,1H3,(H2,12,15)/b7-6+. The summed E-state index contributed by atoms with van der Waals surface area (Å²) < 4.78 is 4.95. The quantitative estimate of drug-likeness (QED) is 0.340. The molecule has 0 spiro atoms. The number of cyclic esters (lactones) is 1. The second-order valence-corrected chi connectivity index (χ2v) is 3.89. The zero-order valence-corrected chi connectivity index (χ0v) is 10.0. The van der Waals surface area contributed by atoms with Crippen molar-refractivity contribution in [2.45, 2.75) is 26.2 Å². The largest absolute Gasteiger partial charge is 0.465 e. The van der Waals surface area contributed by atoms with E-state index in [0.717, 1.165) is 12.8 Å². The van der Waals surface area contributed by atoms with Gasteiger partial charge in [-0.1, -0.05) is 6.08 Å². The SMILES string of the molecule is C/C(=C\C1CCCCOC1=O)C(=O)OOC(N)=O. The zero-order chi connectivity index (χ0) is 13.5. The third-order valence-corrected chi connectivity index (χ3v) is 2.43. The van der Waals surface area contributed by atoms with Crippen LogP contribution in [-0.2, 0) is 24.1 Å². The summed E-state index contributed by atoms with van der Waals surface area (Å²) in [4.78, 5) is 41.1. The minimum absolute atomic E-state index is 0.153. The molecule has 7 heteroatoms. The van der Waals surface area contributed by atoms with Crippen LogP contribution in [0, 0.1) is 5.92 Å². The fourth-order valence-corrected chi connectivity index (χ4v) is 1.53. The van der Waals surface area contributed by atoms with Crippen LogP contribution in [0.15, 0.2) is 11.6 Å². The van der Waals surface area contributed by atoms with Gasteiger partial charge in [0.2, 0.25) is 0 Å². The molecule has 0 radical (unpaired) electrons. The number of ether oxygens (including phenoxy) is 1. The van der Waals surface area contributed by atoms with Gasteiger partial charge in [-0.05, 0) is 26.2 Å². The van der Waals surface area contributed by atoms with Crippen LogP contribution in [0.5, 0.6) is 0 Å². The Balaban J connectivity index is 2.59. The summed E-state index contributed by atoms with van der Waals surface area (Å²) in [5.74, 6) is -1.71. The van der Waals surface area contributed by atoms with Crippen LogP contribution in [0.1, 0.15) is 26.2 Å². The van der Waals surface area contributed by atoms with Crippen LogP contribution in [0.25, 0.3) is 0 Å². The van der Waals surface area contributed by atoms with Gasteiger partial charge < -0.3 is 10.5 Å². The van der Waals surface area contributed by atoms with Crippen molar-refractivity contribution in [3.05, 3.63) is 11.6 Å². The Kier molecular flexibility index (Phi) is 5.16. The maximum Gasteiger partial charge on any atom is 0.447 e. The van der Waals surface area contributed by atoms with Crippen LogP contribution in [0.3, 0.4) is 0 Å². The summed E-state index contributed by atoms with van der Waals surface area (Å²) in [5, 5.41) is 0. The maximum atomic E-state index is 11.5. The van der Waals surface area contributed by atoms with Gasteiger partial charge in [0, 0.05) is 5.57 Å². The lowest BCUT2D eigenvalue weighted by Crippen LogP contribution is -2.19. The molecule has 1 fully saturated rings. The summed E-state index contributed by atoms with van der Waals surface area (Å²) >= 11 is 0. The molecule has 1 amide bonds. The zero-order valence-electron chi connectivity index (χ0n) is 10.0. The first-order chi connectivity index (χ1) is 8.50. The molecule has 0 aromatic heterocycles. The van der Waals surface area contributed by atoms with Crippen molar-refractivity contribution in [1.29, 1.82) is 0 Å². The summed E-state index contributed by atoms with van der Waals surface area (Å²) in [6, 6.07) is 0. The van der Waals surface area contributed by atoms with E-state index < -0.39 is 18.0 Å². The van der Waals surface area contributed by atoms with Gasteiger partial charge in [-0.3, -0.25) is 4.79 Å². The van der Waals surface area contributed by atoms with Gasteiger partial charge in [0.15, 0.2) is 0 Å². The average molecular weight is 257 g/mol. The molecule has 1 atom stereocenters. The van der Waals surface area contributed by atoms with Crippen molar-refractivity contribution < 1.29 is 28.9 Å². The van der Waals surface area contributed by atoms with E-state index in [4.69, 9.17) is 4.74 Å². The Hall–Kier alpha value is -2.05. The van der Waals surface area contributed by atoms with Crippen LogP contribution in [0.2, 0.25) is 0 Å². The molecule has 1 aliphatic rings. The number of rotatable bonds is 2. The summed E-state index contributed by atoms with van der Waals surface area (Å²) in [6.45, 7) is 1.85. The molecule has 1 rings (SSSR count). The predicted molar refractivity (Wildman–Crippen MR) is 58.8 cm³/mol. The van der Waals surface area contributed by atoms with Gasteiger partial charge in [-0.15, -0.1) is 0 Å². The third-order valence-electron chi connectivity index (χ3n) is 2.43. The fourth-order valence-electron chi connectivity index (χ4n) is 1.53. The minimum atomic E-state index is -1.22. The van der Waals surface area contributed by atoms with Gasteiger partial charge in [0.05, 0.1) is 12.5 Å². The van der Waals surface area contributed by atoms with E-state index in [1.54, 1.807) is 0 Å². The van der Waals surface area contributed by atoms with Gasteiger partial charge in [0.1, 0.15) is 0 Å². The number of carbonyl (C=O) groups excluding carboxylic acids is 3. The molecular weight excluding hydrogens is 242 g/mol. The second kappa shape index (κ2) is 6.63. The van der Waals surface area contributed by atoms with Crippen molar-refractivity contribution in [2.75, 3.05) is 6.61 Å². The van der Waals surface area contributed by atoms with E-state index in [9.17, 15) is 14.4 Å². The van der Waals surface area contributed by atoms with Crippen LogP contribution < -0.4 is 5.73 Å². The molecular formula is C11H15NO6. The van der Waals surface area contributed by atoms with E-state index in [1.807, 2.05) is 0 Å². The number of hydrogen-bond donors (Lipinski definition) is 1. The van der Waals surface area contributed by atoms with Crippen molar-refractivity contribution in [3.63, 3.8) is 0 Å². The first-order valence-corrected chi connectivity index (χ1v) is 5.54. The number of esters is 1. The number of nitrogens with two attached hydrogens (primary N) is 1. The molecule has 1 heterocycles. The van der Waals surface area contributed by atoms with Crippen molar-refractivity contribution in [1.82, 2.24) is 0 Å². The average Bonchev–Trinajstić information content (AvgIpc) is 2.51. The number of primary amides is 1. The molecule has 2 N–H and O–H groups in total. The molecule has 1 aliphatic heterocycles. The number of amides is 1. The van der Waals surface area contributed by atoms with Crippen molar-refractivity contribution in [3.8, 4) is 0 Å². The monoisotopic (exact) mass is 257 g/mol. The lowest BCUT2D eigenvalue weighted by molar-refractivity contribution is -0.226. The topological polar surface area (TPSA) is 105 Å². The summed E-state index contributed by atoms with van der Waals surface area (Å²) in [6.07, 6.45) is 2.49. The summed E-state index contributed by atoms with van der Waals surface area (Å²) in [7, 11) is 0. The Morgan fingerprint density at radius 1 is 1.39 bits per heavy atom. The van der Waals surface area contributed by atoms with Gasteiger partial charge >= 0.3 is 18.0 Å². The van der Waals surface area contributed by atoms with E-state index in [1.165, 1.54) is 13.0 Å². The van der Waals surface area contributed by atoms with E-state index in [-0.39, 0.29) is 11.5 Å². The molecule has 0 aromatic rings. The van der Waals surface area contributed by atoms with E-state index >= 15 is 0 Å². The lowest BCUT2D eigenvalue weighted by atomic mass is 10.0. The lowest BCUT2D eigenvalue weighted by Gasteiger charge is -2.08. The minimum Gasteiger partial charge on any atom is -0.465 e. The Morgan fingerprint density at radius 2 is 2.11 bits per heavy atom. The van der Waals surface area contributed by atoms with Gasteiger partial charge in [-0.2, -0.15) is 0 Å². The van der Waals surface area contributed by atoms with Gasteiger partial charge in [-0.25, -0.2) is 19.4 Å². The van der Waals surface area contributed by atoms with Crippen LogP contribution in [0.4, 0.5) is 4.79 Å². The van der Waals surface area contributed by atoms with Gasteiger partial charge in [0.25, 0.3) is 0 Å². The normalized spacial score (nSPS) is 20.6. The highest BCUT2D eigenvalue weighted by atomic mass is 17.2. The molecule has 0 aliphatic carbocycles. The maximum absolute atomic E-state index is 11.5. The molecule has 100 valence electrons. The van der Waals surface area contributed by atoms with E-state index in [2.05, 4.69) is 15.5 Å². The van der Waals surface area contributed by atoms with Crippen molar-refractivity contribution >= 4 is 18.0 Å². The number of hydrogen-bond acceptors (Lipinski definition) is 6. The predicted octanol–water partition coefficient (Wildman–Crippen LogP) is 0.829. The second-order valence-electron chi connectivity index (χ2n) is 3.89. The molecule has 7 nitrogen and oxygen atoms in total. The van der Waals surface area contributed by atoms with E-state index in [0.29, 0.717) is 13.0 Å². The first kappa shape index (κ1) is 14.0. The number of carbonyl (C=O) groups is 3. The smallest absolute Gasteiger partial charge is 0.447 e. The van der Waals surface area contributed by atoms with Crippen LogP contribution in [-0.4, -0.2) is 24.6 Å². The third kappa shape index (κ3) is 4.44. The Morgan fingerprint density at radius 3 is 2.78 bits per heavy atom. The molecule has 18 heavy (non-hydrogen) atoms. The molecule has 1 saturated heterocycles. The fraction of sp³-hybridized carbons (Fsp3) is 0.545. The highest BCUT2D eigenvalue weighted by Crippen LogP contribution is 2.18. The highest BCUT2D eigenvalue weighted by Gasteiger charge is 2.22. The summed E-state index contributed by atoms with van der Waals surface area (Å²) in [5.41, 5.74) is 4.79. The molecule has 0 aromatic carbocycles.